The predicted molar refractivity (Wildman–Crippen MR) is 59.9 cm³/mol. The molecule has 0 unspecified atom stereocenters. The molecule has 1 rings (SSSR count). The van der Waals surface area contributed by atoms with E-state index in [0.29, 0.717) is 18.9 Å². The van der Waals surface area contributed by atoms with Crippen LogP contribution in [0.4, 0.5) is 0 Å². The fraction of sp³-hybridized carbons (Fsp3) is 0.444. The molecular weight excluding hydrogens is 214 g/mol. The van der Waals surface area contributed by atoms with E-state index >= 15 is 0 Å². The van der Waals surface area contributed by atoms with Crippen molar-refractivity contribution >= 4 is 17.2 Å². The molecule has 0 fully saturated rings. The predicted octanol–water partition coefficient (Wildman–Crippen LogP) is 0.526. The van der Waals surface area contributed by atoms with Gasteiger partial charge < -0.3 is 15.2 Å². The number of nitrogens with zero attached hydrogens (tertiary/aromatic N) is 2. The number of aromatic nitrogens is 2. The zero-order valence-corrected chi connectivity index (χ0v) is 9.29. The summed E-state index contributed by atoms with van der Waals surface area (Å²) in [6, 6.07) is 1.93. The summed E-state index contributed by atoms with van der Waals surface area (Å²) in [6.45, 7) is 1.16. The van der Waals surface area contributed by atoms with Gasteiger partial charge in [-0.2, -0.15) is 4.98 Å². The molecule has 0 aliphatic heterocycles. The van der Waals surface area contributed by atoms with Crippen LogP contribution < -0.4 is 10.5 Å². The minimum absolute atomic E-state index is 0.235. The minimum Gasteiger partial charge on any atom is -0.463 e. The van der Waals surface area contributed by atoms with Crippen molar-refractivity contribution in [1.29, 1.82) is 0 Å². The Hall–Kier alpha value is -1.27. The van der Waals surface area contributed by atoms with Crippen LogP contribution >= 0.6 is 12.2 Å². The third-order valence-corrected chi connectivity index (χ3v) is 1.82. The number of methoxy groups -OCH3 is 1. The molecule has 0 amide bonds. The van der Waals surface area contributed by atoms with Gasteiger partial charge in [-0.25, -0.2) is 4.98 Å². The average Bonchev–Trinajstić information content (AvgIpc) is 2.25. The largest absolute Gasteiger partial charge is 0.463 e. The van der Waals surface area contributed by atoms with E-state index in [9.17, 15) is 0 Å². The van der Waals surface area contributed by atoms with Crippen molar-refractivity contribution in [1.82, 2.24) is 9.97 Å². The van der Waals surface area contributed by atoms with Crippen molar-refractivity contribution in [3.63, 3.8) is 0 Å². The summed E-state index contributed by atoms with van der Waals surface area (Å²) in [5, 5.41) is 0. The van der Waals surface area contributed by atoms with Crippen LogP contribution in [0.15, 0.2) is 12.3 Å². The maximum Gasteiger partial charge on any atom is 0.316 e. The second kappa shape index (κ2) is 6.26. The first-order valence-electron chi connectivity index (χ1n) is 4.48. The molecule has 0 aliphatic carbocycles. The third kappa shape index (κ3) is 4.18. The molecular formula is C9H13N3O2S. The summed E-state index contributed by atoms with van der Waals surface area (Å²) in [5.41, 5.74) is 5.94. The number of nitrogens with two attached hydrogens (primary N) is 1. The fourth-order valence-corrected chi connectivity index (χ4v) is 1.03. The lowest BCUT2D eigenvalue weighted by atomic mass is 10.4. The molecule has 1 heterocycles. The van der Waals surface area contributed by atoms with Crippen LogP contribution in [-0.4, -0.2) is 35.3 Å². The number of rotatable bonds is 6. The summed E-state index contributed by atoms with van der Waals surface area (Å²) in [6.07, 6.45) is 2.35. The molecule has 1 aromatic heterocycles. The van der Waals surface area contributed by atoms with Crippen molar-refractivity contribution in [2.24, 2.45) is 5.73 Å². The van der Waals surface area contributed by atoms with Crippen molar-refractivity contribution < 1.29 is 9.47 Å². The Morgan fingerprint density at radius 3 is 3.00 bits per heavy atom. The quantitative estimate of drug-likeness (QED) is 0.564. The van der Waals surface area contributed by atoms with Gasteiger partial charge in [-0.05, 0) is 6.07 Å². The van der Waals surface area contributed by atoms with Crippen LogP contribution in [0.25, 0.3) is 0 Å². The maximum absolute atomic E-state index is 5.42. The van der Waals surface area contributed by atoms with E-state index in [4.69, 9.17) is 27.4 Å². The van der Waals surface area contributed by atoms with Crippen molar-refractivity contribution in [2.45, 2.75) is 6.42 Å². The molecule has 82 valence electrons. The van der Waals surface area contributed by atoms with E-state index in [1.165, 1.54) is 0 Å². The summed E-state index contributed by atoms with van der Waals surface area (Å²) in [5.74, 6) is 0. The lowest BCUT2D eigenvalue weighted by Crippen LogP contribution is -2.13. The van der Waals surface area contributed by atoms with E-state index in [1.807, 2.05) is 0 Å². The number of hydrogen-bond donors (Lipinski definition) is 1. The van der Waals surface area contributed by atoms with Crippen molar-refractivity contribution in [3.8, 4) is 6.01 Å². The van der Waals surface area contributed by atoms with Gasteiger partial charge in [0.15, 0.2) is 0 Å². The highest BCUT2D eigenvalue weighted by Gasteiger charge is 2.01. The van der Waals surface area contributed by atoms with Gasteiger partial charge >= 0.3 is 6.01 Å². The molecule has 5 nitrogen and oxygen atoms in total. The van der Waals surface area contributed by atoms with Gasteiger partial charge in [0.25, 0.3) is 0 Å². The van der Waals surface area contributed by atoms with E-state index in [2.05, 4.69) is 9.97 Å². The van der Waals surface area contributed by atoms with Gasteiger partial charge in [0.05, 0.1) is 6.61 Å². The van der Waals surface area contributed by atoms with Crippen LogP contribution in [0.1, 0.15) is 12.1 Å². The van der Waals surface area contributed by atoms with E-state index in [-0.39, 0.29) is 11.0 Å². The van der Waals surface area contributed by atoms with Crippen LogP contribution in [0.5, 0.6) is 6.01 Å². The Kier molecular flexibility index (Phi) is 4.92. The van der Waals surface area contributed by atoms with E-state index in [0.717, 1.165) is 6.42 Å². The smallest absolute Gasteiger partial charge is 0.316 e. The Morgan fingerprint density at radius 1 is 1.53 bits per heavy atom. The molecule has 6 heteroatoms. The zero-order valence-electron chi connectivity index (χ0n) is 8.47. The van der Waals surface area contributed by atoms with Gasteiger partial charge in [0.1, 0.15) is 10.7 Å². The Balaban J connectivity index is 2.47. The second-order valence-electron chi connectivity index (χ2n) is 2.78. The SMILES string of the molecule is COCCCOc1nccc(C(N)=S)n1. The Morgan fingerprint density at radius 2 is 2.33 bits per heavy atom. The van der Waals surface area contributed by atoms with Gasteiger partial charge in [0, 0.05) is 26.3 Å². The normalized spacial score (nSPS) is 9.93. The molecule has 0 saturated carbocycles. The molecule has 0 spiro atoms. The molecule has 15 heavy (non-hydrogen) atoms. The van der Waals surface area contributed by atoms with Crippen molar-refractivity contribution in [3.05, 3.63) is 18.0 Å². The average molecular weight is 227 g/mol. The minimum atomic E-state index is 0.235. The molecule has 0 aromatic carbocycles. The number of hydrogen-bond acceptors (Lipinski definition) is 5. The lowest BCUT2D eigenvalue weighted by molar-refractivity contribution is 0.168. The van der Waals surface area contributed by atoms with Crippen LogP contribution in [0, 0.1) is 0 Å². The van der Waals surface area contributed by atoms with Gasteiger partial charge in [0.2, 0.25) is 0 Å². The topological polar surface area (TPSA) is 70.3 Å². The number of ether oxygens (including phenoxy) is 2. The zero-order chi connectivity index (χ0) is 11.1. The van der Waals surface area contributed by atoms with Gasteiger partial charge in [-0.1, -0.05) is 12.2 Å². The highest BCUT2D eigenvalue weighted by molar-refractivity contribution is 7.80. The van der Waals surface area contributed by atoms with Crippen molar-refractivity contribution in [2.75, 3.05) is 20.3 Å². The first kappa shape index (κ1) is 11.8. The van der Waals surface area contributed by atoms with Crippen LogP contribution in [-0.2, 0) is 4.74 Å². The maximum atomic E-state index is 5.42. The summed E-state index contributed by atoms with van der Waals surface area (Å²) in [7, 11) is 1.64. The monoisotopic (exact) mass is 227 g/mol. The third-order valence-electron chi connectivity index (χ3n) is 1.61. The summed E-state index contributed by atoms with van der Waals surface area (Å²) in [4.78, 5) is 8.19. The number of thiocarbonyl (C=S) groups is 1. The standard InChI is InChI=1S/C9H13N3O2S/c1-13-5-2-6-14-9-11-4-3-7(12-9)8(10)15/h3-4H,2,5-6H2,1H3,(H2,10,15). The highest BCUT2D eigenvalue weighted by atomic mass is 32.1. The summed E-state index contributed by atoms with van der Waals surface area (Å²) >= 11 is 4.79. The summed E-state index contributed by atoms with van der Waals surface area (Å²) < 4.78 is 10.2. The first-order chi connectivity index (χ1) is 7.24. The van der Waals surface area contributed by atoms with Crippen LogP contribution in [0.2, 0.25) is 0 Å². The van der Waals surface area contributed by atoms with Crippen LogP contribution in [0.3, 0.4) is 0 Å². The fourth-order valence-electron chi connectivity index (χ4n) is 0.914. The highest BCUT2D eigenvalue weighted by Crippen LogP contribution is 2.03. The van der Waals surface area contributed by atoms with E-state index in [1.54, 1.807) is 19.4 Å². The van der Waals surface area contributed by atoms with E-state index < -0.39 is 0 Å². The molecule has 1 aromatic rings. The van der Waals surface area contributed by atoms with Gasteiger partial charge in [-0.3, -0.25) is 0 Å². The molecule has 0 aliphatic rings. The second-order valence-corrected chi connectivity index (χ2v) is 3.22. The Labute approximate surface area is 93.6 Å². The molecule has 0 atom stereocenters. The molecule has 2 N–H and O–H groups in total. The lowest BCUT2D eigenvalue weighted by Gasteiger charge is -2.04. The van der Waals surface area contributed by atoms with Gasteiger partial charge in [-0.15, -0.1) is 0 Å². The first-order valence-corrected chi connectivity index (χ1v) is 4.89. The molecule has 0 bridgehead atoms. The molecule has 0 radical (unpaired) electrons. The Bertz CT molecular complexity index is 333. The molecule has 0 saturated heterocycles.